The molecule has 0 bridgehead atoms. The Balaban J connectivity index is 1.67. The summed E-state index contributed by atoms with van der Waals surface area (Å²) in [5.41, 5.74) is -2.46. The molecular weight excluding hydrogens is 377 g/mol. The van der Waals surface area contributed by atoms with Gasteiger partial charge in [-0.1, -0.05) is 0 Å². The summed E-state index contributed by atoms with van der Waals surface area (Å²) in [4.78, 5) is 25.8. The lowest BCUT2D eigenvalue weighted by Crippen LogP contribution is -2.46. The molecule has 11 heteroatoms. The normalized spacial score (nSPS) is 16.1. The Morgan fingerprint density at radius 3 is 2.75 bits per heavy atom. The average molecular weight is 398 g/mol. The second kappa shape index (κ2) is 8.05. The number of nitrogens with one attached hydrogen (secondary N) is 3. The van der Waals surface area contributed by atoms with Gasteiger partial charge < -0.3 is 20.1 Å². The Morgan fingerprint density at radius 2 is 2.07 bits per heavy atom. The van der Waals surface area contributed by atoms with Crippen molar-refractivity contribution in [1.82, 2.24) is 25.0 Å². The number of aromatic amines is 1. The van der Waals surface area contributed by atoms with Gasteiger partial charge in [0.25, 0.3) is 11.5 Å². The van der Waals surface area contributed by atoms with Crippen LogP contribution in [0.4, 0.5) is 18.9 Å². The molecule has 28 heavy (non-hydrogen) atoms. The zero-order valence-electron chi connectivity index (χ0n) is 15.2. The Bertz CT molecular complexity index is 886. The van der Waals surface area contributed by atoms with Gasteiger partial charge in [0.05, 0.1) is 17.4 Å². The van der Waals surface area contributed by atoms with Gasteiger partial charge in [0.15, 0.2) is 0 Å². The van der Waals surface area contributed by atoms with Crippen LogP contribution < -0.4 is 16.2 Å². The van der Waals surface area contributed by atoms with Gasteiger partial charge >= 0.3 is 6.18 Å². The van der Waals surface area contributed by atoms with Crippen molar-refractivity contribution in [3.8, 4) is 0 Å². The van der Waals surface area contributed by atoms with Crippen molar-refractivity contribution in [2.75, 3.05) is 31.5 Å². The summed E-state index contributed by atoms with van der Waals surface area (Å²) in [5.74, 6) is -0.0704. The molecule has 2 aromatic heterocycles. The molecule has 2 aromatic rings. The van der Waals surface area contributed by atoms with Crippen LogP contribution in [-0.4, -0.2) is 57.8 Å². The molecule has 0 aromatic carbocycles. The molecular formula is C17H21F3N6O2. The highest BCUT2D eigenvalue weighted by Crippen LogP contribution is 2.31. The lowest BCUT2D eigenvalue weighted by atomic mass is 10.2. The SMILES string of the molecule is CC(Cn1ccc(C(=O)N2CCNCC2)c1)Nc1cn[nH]c(=O)c1C(F)(F)F. The number of alkyl halides is 3. The van der Waals surface area contributed by atoms with Gasteiger partial charge in [0.2, 0.25) is 0 Å². The Hall–Kier alpha value is -2.82. The van der Waals surface area contributed by atoms with Crippen LogP contribution in [0.2, 0.25) is 0 Å². The van der Waals surface area contributed by atoms with Crippen molar-refractivity contribution in [2.24, 2.45) is 0 Å². The number of carbonyl (C=O) groups excluding carboxylic acids is 1. The molecule has 0 aliphatic carbocycles. The number of rotatable bonds is 5. The van der Waals surface area contributed by atoms with Crippen LogP contribution in [-0.2, 0) is 12.7 Å². The molecule has 152 valence electrons. The minimum absolute atomic E-state index is 0.0704. The van der Waals surface area contributed by atoms with E-state index in [0.717, 1.165) is 19.3 Å². The summed E-state index contributed by atoms with van der Waals surface area (Å²) in [7, 11) is 0. The zero-order chi connectivity index (χ0) is 20.3. The van der Waals surface area contributed by atoms with Crippen LogP contribution >= 0.6 is 0 Å². The monoisotopic (exact) mass is 398 g/mol. The van der Waals surface area contributed by atoms with Crippen LogP contribution in [0.15, 0.2) is 29.5 Å². The van der Waals surface area contributed by atoms with Crippen molar-refractivity contribution in [3.63, 3.8) is 0 Å². The van der Waals surface area contributed by atoms with E-state index in [-0.39, 0.29) is 11.6 Å². The number of anilines is 1. The van der Waals surface area contributed by atoms with E-state index < -0.39 is 23.3 Å². The highest BCUT2D eigenvalue weighted by atomic mass is 19.4. The van der Waals surface area contributed by atoms with Gasteiger partial charge in [-0.3, -0.25) is 9.59 Å². The van der Waals surface area contributed by atoms with Gasteiger partial charge in [-0.2, -0.15) is 18.3 Å². The standard InChI is InChI=1S/C17H21F3N6O2/c1-11(23-13-8-22-24-15(27)14(13)17(18,19)20)9-25-5-2-12(10-25)16(28)26-6-3-21-4-7-26/h2,5,8,10-11,21H,3-4,6-7,9H2,1H3,(H2,23,24,27). The summed E-state index contributed by atoms with van der Waals surface area (Å²) < 4.78 is 41.1. The van der Waals surface area contributed by atoms with Gasteiger partial charge in [-0.15, -0.1) is 0 Å². The lowest BCUT2D eigenvalue weighted by Gasteiger charge is -2.27. The molecule has 1 unspecified atom stereocenters. The summed E-state index contributed by atoms with van der Waals surface area (Å²) in [6, 6.07) is 1.24. The van der Waals surface area contributed by atoms with Crippen LogP contribution in [0.1, 0.15) is 22.8 Å². The third-order valence-corrected chi connectivity index (χ3v) is 4.43. The number of hydrogen-bond acceptors (Lipinski definition) is 5. The maximum atomic E-state index is 13.1. The van der Waals surface area contributed by atoms with Gasteiger partial charge in [-0.25, -0.2) is 5.10 Å². The van der Waals surface area contributed by atoms with Crippen LogP contribution in [0.25, 0.3) is 0 Å². The molecule has 1 atom stereocenters. The molecule has 1 aliphatic heterocycles. The van der Waals surface area contributed by atoms with E-state index >= 15 is 0 Å². The zero-order valence-corrected chi connectivity index (χ0v) is 15.2. The van der Waals surface area contributed by atoms with Crippen LogP contribution in [0, 0.1) is 0 Å². The maximum absolute atomic E-state index is 13.1. The number of hydrogen-bond donors (Lipinski definition) is 3. The number of carbonyl (C=O) groups is 1. The van der Waals surface area contributed by atoms with E-state index in [2.05, 4.69) is 15.7 Å². The van der Waals surface area contributed by atoms with Crippen molar-refractivity contribution >= 4 is 11.6 Å². The quantitative estimate of drug-likeness (QED) is 0.702. The lowest BCUT2D eigenvalue weighted by molar-refractivity contribution is -0.138. The second-order valence-electron chi connectivity index (χ2n) is 6.67. The predicted molar refractivity (Wildman–Crippen MR) is 96.1 cm³/mol. The molecule has 0 spiro atoms. The van der Waals surface area contributed by atoms with Gasteiger partial charge in [-0.05, 0) is 13.0 Å². The largest absolute Gasteiger partial charge is 0.423 e. The number of H-pyrrole nitrogens is 1. The van der Waals surface area contributed by atoms with E-state index in [1.54, 1.807) is 39.9 Å². The first kappa shape index (κ1) is 19.9. The predicted octanol–water partition coefficient (Wildman–Crippen LogP) is 1.14. The summed E-state index contributed by atoms with van der Waals surface area (Å²) >= 11 is 0. The summed E-state index contributed by atoms with van der Waals surface area (Å²) in [6.07, 6.45) is -0.484. The van der Waals surface area contributed by atoms with E-state index in [0.29, 0.717) is 25.2 Å². The van der Waals surface area contributed by atoms with Crippen molar-refractivity contribution in [2.45, 2.75) is 25.7 Å². The number of halogens is 3. The first-order valence-corrected chi connectivity index (χ1v) is 8.83. The fourth-order valence-corrected chi connectivity index (χ4v) is 3.15. The Kier molecular flexibility index (Phi) is 5.73. The number of amides is 1. The molecule has 3 rings (SSSR count). The van der Waals surface area contributed by atoms with E-state index in [9.17, 15) is 22.8 Å². The molecule has 1 aliphatic rings. The van der Waals surface area contributed by atoms with E-state index in [4.69, 9.17) is 0 Å². The van der Waals surface area contributed by atoms with Crippen molar-refractivity contribution < 1.29 is 18.0 Å². The third-order valence-electron chi connectivity index (χ3n) is 4.43. The molecule has 1 saturated heterocycles. The molecule has 3 N–H and O–H groups in total. The van der Waals surface area contributed by atoms with Crippen molar-refractivity contribution in [1.29, 1.82) is 0 Å². The molecule has 3 heterocycles. The third kappa shape index (κ3) is 4.53. The summed E-state index contributed by atoms with van der Waals surface area (Å²) in [6.45, 7) is 4.76. The minimum Gasteiger partial charge on any atom is -0.379 e. The number of nitrogens with zero attached hydrogens (tertiary/aromatic N) is 3. The highest BCUT2D eigenvalue weighted by molar-refractivity contribution is 5.94. The number of piperazine rings is 1. The average Bonchev–Trinajstić information content (AvgIpc) is 3.09. The van der Waals surface area contributed by atoms with Crippen molar-refractivity contribution in [3.05, 3.63) is 46.1 Å². The fourth-order valence-electron chi connectivity index (χ4n) is 3.15. The minimum atomic E-state index is -4.80. The Morgan fingerprint density at radius 1 is 1.36 bits per heavy atom. The first-order chi connectivity index (χ1) is 13.3. The maximum Gasteiger partial charge on any atom is 0.423 e. The second-order valence-corrected chi connectivity index (χ2v) is 6.67. The highest BCUT2D eigenvalue weighted by Gasteiger charge is 2.37. The first-order valence-electron chi connectivity index (χ1n) is 8.83. The van der Waals surface area contributed by atoms with Crippen LogP contribution in [0.3, 0.4) is 0 Å². The molecule has 8 nitrogen and oxygen atoms in total. The smallest absolute Gasteiger partial charge is 0.379 e. The fraction of sp³-hybridized carbons (Fsp3) is 0.471. The van der Waals surface area contributed by atoms with Gasteiger partial charge in [0, 0.05) is 51.2 Å². The van der Waals surface area contributed by atoms with E-state index in [1.807, 2.05) is 0 Å². The topological polar surface area (TPSA) is 95.1 Å². The van der Waals surface area contributed by atoms with Crippen LogP contribution in [0.5, 0.6) is 0 Å². The van der Waals surface area contributed by atoms with Gasteiger partial charge in [0.1, 0.15) is 5.56 Å². The summed E-state index contributed by atoms with van der Waals surface area (Å²) in [5, 5.41) is 11.1. The molecule has 1 fully saturated rings. The molecule has 1 amide bonds. The Labute approximate surface area is 158 Å². The molecule has 0 saturated carbocycles. The molecule has 0 radical (unpaired) electrons. The number of aromatic nitrogens is 3. The van der Waals surface area contributed by atoms with E-state index in [1.165, 1.54) is 0 Å².